The highest BCUT2D eigenvalue weighted by Crippen LogP contribution is 2.27. The van der Waals surface area contributed by atoms with Crippen molar-refractivity contribution in [2.75, 3.05) is 0 Å². The van der Waals surface area contributed by atoms with E-state index in [-0.39, 0.29) is 12.2 Å². The van der Waals surface area contributed by atoms with Crippen LogP contribution in [0, 0.1) is 5.92 Å². The predicted octanol–water partition coefficient (Wildman–Crippen LogP) is 1.35. The summed E-state index contributed by atoms with van der Waals surface area (Å²) in [5.74, 6) is 0.551. The quantitative estimate of drug-likeness (QED) is 0.611. The van der Waals surface area contributed by atoms with Gasteiger partial charge in [-0.05, 0) is 19.3 Å². The average Bonchev–Trinajstić information content (AvgIpc) is 2.31. The fourth-order valence-electron chi connectivity index (χ4n) is 1.40. The molecule has 0 aromatic rings. The lowest BCUT2D eigenvalue weighted by Crippen LogP contribution is -2.23. The highest BCUT2D eigenvalue weighted by Gasteiger charge is 2.32. The Balaban J connectivity index is 2.46. The van der Waals surface area contributed by atoms with E-state index >= 15 is 0 Å². The fourth-order valence-corrected chi connectivity index (χ4v) is 1.40. The predicted molar refractivity (Wildman–Crippen MR) is 44.3 cm³/mol. The van der Waals surface area contributed by atoms with Gasteiger partial charge in [-0.1, -0.05) is 13.0 Å². The third-order valence-corrected chi connectivity index (χ3v) is 2.42. The minimum Gasteiger partial charge on any atom is -0.386 e. The Morgan fingerprint density at radius 3 is 2.64 bits per heavy atom. The van der Waals surface area contributed by atoms with Crippen molar-refractivity contribution in [2.24, 2.45) is 5.92 Å². The van der Waals surface area contributed by atoms with E-state index in [1.165, 1.54) is 6.08 Å². The van der Waals surface area contributed by atoms with Crippen molar-refractivity contribution in [3.8, 4) is 0 Å². The van der Waals surface area contributed by atoms with Gasteiger partial charge in [0, 0.05) is 0 Å². The molecule has 1 N–H and O–H groups in total. The van der Waals surface area contributed by atoms with Gasteiger partial charge < -0.3 is 9.84 Å². The molecule has 1 aliphatic heterocycles. The second kappa shape index (κ2) is 3.37. The normalized spacial score (nSPS) is 40.5. The molecule has 4 atom stereocenters. The number of hydrogen-bond donors (Lipinski definition) is 1. The number of aliphatic hydroxyl groups is 1. The van der Waals surface area contributed by atoms with Crippen molar-refractivity contribution < 1.29 is 9.84 Å². The molecule has 0 aliphatic carbocycles. The summed E-state index contributed by atoms with van der Waals surface area (Å²) in [5, 5.41) is 9.35. The first-order valence-electron chi connectivity index (χ1n) is 4.11. The molecule has 0 spiro atoms. The minimum atomic E-state index is -0.498. The maximum Gasteiger partial charge on any atom is 0.0980 e. The van der Waals surface area contributed by atoms with Crippen LogP contribution in [-0.2, 0) is 4.74 Å². The lowest BCUT2D eigenvalue weighted by Gasteiger charge is -2.13. The molecular weight excluding hydrogens is 140 g/mol. The van der Waals surface area contributed by atoms with Gasteiger partial charge in [0.2, 0.25) is 0 Å². The van der Waals surface area contributed by atoms with Crippen LogP contribution >= 0.6 is 0 Å². The topological polar surface area (TPSA) is 29.5 Å². The van der Waals surface area contributed by atoms with E-state index in [9.17, 15) is 5.11 Å². The van der Waals surface area contributed by atoms with Crippen molar-refractivity contribution in [2.45, 2.75) is 38.6 Å². The molecule has 0 saturated carbocycles. The summed E-state index contributed by atoms with van der Waals surface area (Å²) in [6, 6.07) is 0. The Morgan fingerprint density at radius 2 is 2.27 bits per heavy atom. The molecule has 1 rings (SSSR count). The van der Waals surface area contributed by atoms with E-state index in [4.69, 9.17) is 4.74 Å². The Labute approximate surface area is 67.9 Å². The lowest BCUT2D eigenvalue weighted by molar-refractivity contribution is -0.0120. The summed E-state index contributed by atoms with van der Waals surface area (Å²) in [5.41, 5.74) is 0. The monoisotopic (exact) mass is 156 g/mol. The standard InChI is InChI=1S/C9H16O2/c1-4-8(10)9-5-6(2)7(3)11-9/h4,6-10H,1,5H2,2-3H3. The van der Waals surface area contributed by atoms with Gasteiger partial charge in [0.1, 0.15) is 0 Å². The zero-order valence-electron chi connectivity index (χ0n) is 7.16. The van der Waals surface area contributed by atoms with Crippen LogP contribution < -0.4 is 0 Å². The minimum absolute atomic E-state index is 0.0301. The molecule has 2 heteroatoms. The number of aliphatic hydroxyl groups excluding tert-OH is 1. The Hall–Kier alpha value is -0.340. The highest BCUT2D eigenvalue weighted by molar-refractivity contribution is 4.90. The first kappa shape index (κ1) is 8.75. The second-order valence-electron chi connectivity index (χ2n) is 3.32. The van der Waals surface area contributed by atoms with Gasteiger partial charge in [-0.2, -0.15) is 0 Å². The average molecular weight is 156 g/mol. The van der Waals surface area contributed by atoms with E-state index in [0.29, 0.717) is 5.92 Å². The SMILES string of the molecule is C=CC(O)C1CC(C)C(C)O1. The number of hydrogen-bond acceptors (Lipinski definition) is 2. The lowest BCUT2D eigenvalue weighted by atomic mass is 10.0. The Morgan fingerprint density at radius 1 is 1.64 bits per heavy atom. The third-order valence-electron chi connectivity index (χ3n) is 2.42. The maximum absolute atomic E-state index is 9.35. The van der Waals surface area contributed by atoms with Crippen LogP contribution in [0.1, 0.15) is 20.3 Å². The van der Waals surface area contributed by atoms with Crippen molar-refractivity contribution in [3.63, 3.8) is 0 Å². The molecule has 1 heterocycles. The molecule has 4 unspecified atom stereocenters. The zero-order valence-corrected chi connectivity index (χ0v) is 7.16. The van der Waals surface area contributed by atoms with Crippen LogP contribution in [0.4, 0.5) is 0 Å². The molecule has 2 nitrogen and oxygen atoms in total. The van der Waals surface area contributed by atoms with Crippen LogP contribution in [0.3, 0.4) is 0 Å². The number of rotatable bonds is 2. The van der Waals surface area contributed by atoms with Crippen molar-refractivity contribution in [3.05, 3.63) is 12.7 Å². The van der Waals surface area contributed by atoms with Crippen molar-refractivity contribution in [1.29, 1.82) is 0 Å². The smallest absolute Gasteiger partial charge is 0.0980 e. The summed E-state index contributed by atoms with van der Waals surface area (Å²) in [6.07, 6.45) is 2.22. The van der Waals surface area contributed by atoms with Gasteiger partial charge in [-0.3, -0.25) is 0 Å². The summed E-state index contributed by atoms with van der Waals surface area (Å²) >= 11 is 0. The molecular formula is C9H16O2. The summed E-state index contributed by atoms with van der Waals surface area (Å²) in [4.78, 5) is 0. The van der Waals surface area contributed by atoms with E-state index in [2.05, 4.69) is 13.5 Å². The van der Waals surface area contributed by atoms with E-state index in [1.54, 1.807) is 0 Å². The molecule has 0 radical (unpaired) electrons. The van der Waals surface area contributed by atoms with Gasteiger partial charge in [-0.25, -0.2) is 0 Å². The van der Waals surface area contributed by atoms with E-state index in [0.717, 1.165) is 6.42 Å². The summed E-state index contributed by atoms with van der Waals surface area (Å²) < 4.78 is 5.50. The number of ether oxygens (including phenoxy) is 1. The molecule has 64 valence electrons. The Kier molecular flexibility index (Phi) is 2.68. The van der Waals surface area contributed by atoms with Gasteiger partial charge >= 0.3 is 0 Å². The third kappa shape index (κ3) is 1.82. The van der Waals surface area contributed by atoms with Gasteiger partial charge in [0.05, 0.1) is 18.3 Å². The fraction of sp³-hybridized carbons (Fsp3) is 0.778. The van der Waals surface area contributed by atoms with Crippen LogP contribution in [0.15, 0.2) is 12.7 Å². The largest absolute Gasteiger partial charge is 0.386 e. The maximum atomic E-state index is 9.35. The second-order valence-corrected chi connectivity index (χ2v) is 3.32. The first-order valence-corrected chi connectivity index (χ1v) is 4.11. The molecule has 0 aromatic heterocycles. The summed E-state index contributed by atoms with van der Waals surface area (Å²) in [6.45, 7) is 7.71. The van der Waals surface area contributed by atoms with E-state index < -0.39 is 6.10 Å². The van der Waals surface area contributed by atoms with Crippen molar-refractivity contribution >= 4 is 0 Å². The highest BCUT2D eigenvalue weighted by atomic mass is 16.5. The molecule has 1 saturated heterocycles. The van der Waals surface area contributed by atoms with Gasteiger partial charge in [-0.15, -0.1) is 6.58 Å². The molecule has 0 bridgehead atoms. The molecule has 0 amide bonds. The molecule has 1 aliphatic rings. The molecule has 0 aromatic carbocycles. The van der Waals surface area contributed by atoms with Crippen molar-refractivity contribution in [1.82, 2.24) is 0 Å². The van der Waals surface area contributed by atoms with E-state index in [1.807, 2.05) is 6.92 Å². The van der Waals surface area contributed by atoms with Crippen LogP contribution in [0.2, 0.25) is 0 Å². The van der Waals surface area contributed by atoms with Crippen LogP contribution in [0.5, 0.6) is 0 Å². The molecule has 11 heavy (non-hydrogen) atoms. The summed E-state index contributed by atoms with van der Waals surface area (Å²) in [7, 11) is 0. The zero-order chi connectivity index (χ0) is 8.43. The molecule has 1 fully saturated rings. The van der Waals surface area contributed by atoms with Crippen LogP contribution in [-0.4, -0.2) is 23.4 Å². The Bertz CT molecular complexity index is 134. The van der Waals surface area contributed by atoms with Gasteiger partial charge in [0.15, 0.2) is 0 Å². The van der Waals surface area contributed by atoms with Gasteiger partial charge in [0.25, 0.3) is 0 Å². The van der Waals surface area contributed by atoms with Crippen LogP contribution in [0.25, 0.3) is 0 Å². The first-order chi connectivity index (χ1) is 5.15.